The number of nitrogens with zero attached hydrogens (tertiary/aromatic N) is 4. The largest absolute Gasteiger partial charge is 0.456 e. The summed E-state index contributed by atoms with van der Waals surface area (Å²) in [6, 6.07) is 13.0. The summed E-state index contributed by atoms with van der Waals surface area (Å²) in [5, 5.41) is 8.68. The van der Waals surface area contributed by atoms with Crippen LogP contribution in [0.5, 0.6) is 11.5 Å². The van der Waals surface area contributed by atoms with E-state index in [0.717, 1.165) is 28.4 Å². The molecule has 2 aromatic heterocycles. The van der Waals surface area contributed by atoms with Gasteiger partial charge in [0.1, 0.15) is 17.8 Å². The second-order valence-electron chi connectivity index (χ2n) is 5.55. The second kappa shape index (κ2) is 6.16. The SMILES string of the molecule is Cc1c(C=O)cccc1Oc1ccnc2cc(-n3ccnn3)ccc12. The van der Waals surface area contributed by atoms with Gasteiger partial charge in [-0.15, -0.1) is 5.10 Å². The van der Waals surface area contributed by atoms with Gasteiger partial charge < -0.3 is 4.74 Å². The number of hydrogen-bond donors (Lipinski definition) is 0. The van der Waals surface area contributed by atoms with Crippen LogP contribution in [0.25, 0.3) is 16.6 Å². The quantitative estimate of drug-likeness (QED) is 0.533. The first-order valence-corrected chi connectivity index (χ1v) is 7.74. The van der Waals surface area contributed by atoms with Gasteiger partial charge in [0.15, 0.2) is 0 Å². The molecule has 0 aliphatic rings. The lowest BCUT2D eigenvalue weighted by atomic mass is 10.1. The molecule has 0 fully saturated rings. The maximum absolute atomic E-state index is 11.1. The first kappa shape index (κ1) is 15.0. The summed E-state index contributed by atoms with van der Waals surface area (Å²) in [7, 11) is 0. The van der Waals surface area contributed by atoms with Crippen LogP contribution in [0.1, 0.15) is 15.9 Å². The summed E-state index contributed by atoms with van der Waals surface area (Å²) in [5.41, 5.74) is 3.08. The summed E-state index contributed by atoms with van der Waals surface area (Å²) in [4.78, 5) is 15.5. The average molecular weight is 330 g/mol. The zero-order valence-electron chi connectivity index (χ0n) is 13.5. The maximum Gasteiger partial charge on any atom is 0.150 e. The minimum atomic E-state index is 0.615. The van der Waals surface area contributed by atoms with Crippen molar-refractivity contribution < 1.29 is 9.53 Å². The molecule has 0 N–H and O–H groups in total. The molecule has 25 heavy (non-hydrogen) atoms. The van der Waals surface area contributed by atoms with Crippen LogP contribution in [0.2, 0.25) is 0 Å². The third-order valence-corrected chi connectivity index (χ3v) is 4.05. The van der Waals surface area contributed by atoms with Crippen molar-refractivity contribution in [3.8, 4) is 17.2 Å². The molecule has 4 rings (SSSR count). The predicted octanol–water partition coefficient (Wildman–Crippen LogP) is 3.73. The third kappa shape index (κ3) is 2.74. The van der Waals surface area contributed by atoms with E-state index in [2.05, 4.69) is 15.3 Å². The van der Waals surface area contributed by atoms with Crippen molar-refractivity contribution in [2.75, 3.05) is 0 Å². The van der Waals surface area contributed by atoms with Gasteiger partial charge in [0.25, 0.3) is 0 Å². The highest BCUT2D eigenvalue weighted by atomic mass is 16.5. The molecule has 0 bridgehead atoms. The van der Waals surface area contributed by atoms with Crippen LogP contribution in [0, 0.1) is 6.92 Å². The molecule has 0 spiro atoms. The van der Waals surface area contributed by atoms with Gasteiger partial charge in [-0.2, -0.15) is 0 Å². The topological polar surface area (TPSA) is 69.9 Å². The normalized spacial score (nSPS) is 10.8. The molecule has 0 aliphatic carbocycles. The summed E-state index contributed by atoms with van der Waals surface area (Å²) in [6.07, 6.45) is 5.93. The fourth-order valence-electron chi connectivity index (χ4n) is 2.68. The molecule has 2 heterocycles. The van der Waals surface area contributed by atoms with Crippen LogP contribution in [0.3, 0.4) is 0 Å². The minimum Gasteiger partial charge on any atom is -0.456 e. The Morgan fingerprint density at radius 2 is 2.00 bits per heavy atom. The van der Waals surface area contributed by atoms with E-state index in [1.165, 1.54) is 0 Å². The Kier molecular flexibility index (Phi) is 3.70. The Morgan fingerprint density at radius 1 is 1.08 bits per heavy atom. The first-order valence-electron chi connectivity index (χ1n) is 7.74. The summed E-state index contributed by atoms with van der Waals surface area (Å²) < 4.78 is 7.73. The standard InChI is InChI=1S/C19H14N4O2/c1-13-14(12-24)3-2-4-18(13)25-19-7-8-20-17-11-15(5-6-16(17)19)23-10-9-21-22-23/h2-12H,1H3. The van der Waals surface area contributed by atoms with E-state index in [1.807, 2.05) is 37.3 Å². The lowest BCUT2D eigenvalue weighted by Gasteiger charge is -2.12. The number of aromatic nitrogens is 4. The lowest BCUT2D eigenvalue weighted by Crippen LogP contribution is -1.96. The van der Waals surface area contributed by atoms with Crippen molar-refractivity contribution >= 4 is 17.2 Å². The lowest BCUT2D eigenvalue weighted by molar-refractivity contribution is 0.112. The average Bonchev–Trinajstić information content (AvgIpc) is 3.18. The van der Waals surface area contributed by atoms with E-state index >= 15 is 0 Å². The highest BCUT2D eigenvalue weighted by Gasteiger charge is 2.10. The molecular formula is C19H14N4O2. The fourth-order valence-corrected chi connectivity index (χ4v) is 2.68. The molecule has 122 valence electrons. The molecule has 6 nitrogen and oxygen atoms in total. The van der Waals surface area contributed by atoms with Gasteiger partial charge >= 0.3 is 0 Å². The monoisotopic (exact) mass is 330 g/mol. The van der Waals surface area contributed by atoms with Crippen molar-refractivity contribution in [2.24, 2.45) is 0 Å². The summed E-state index contributed by atoms with van der Waals surface area (Å²) >= 11 is 0. The van der Waals surface area contributed by atoms with E-state index < -0.39 is 0 Å². The van der Waals surface area contributed by atoms with Gasteiger partial charge in [-0.3, -0.25) is 9.78 Å². The van der Waals surface area contributed by atoms with Crippen LogP contribution >= 0.6 is 0 Å². The first-order chi connectivity index (χ1) is 12.3. The van der Waals surface area contributed by atoms with Gasteiger partial charge in [0, 0.05) is 22.7 Å². The highest BCUT2D eigenvalue weighted by molar-refractivity contribution is 5.87. The molecule has 0 radical (unpaired) electrons. The van der Waals surface area contributed by atoms with E-state index in [9.17, 15) is 4.79 Å². The number of hydrogen-bond acceptors (Lipinski definition) is 5. The summed E-state index contributed by atoms with van der Waals surface area (Å²) in [5.74, 6) is 1.33. The number of fused-ring (bicyclic) bond motifs is 1. The Morgan fingerprint density at radius 3 is 2.80 bits per heavy atom. The van der Waals surface area contributed by atoms with E-state index in [0.29, 0.717) is 17.1 Å². The molecule has 2 aromatic carbocycles. The van der Waals surface area contributed by atoms with Gasteiger partial charge in [-0.25, -0.2) is 4.68 Å². The Labute approximate surface area is 143 Å². The van der Waals surface area contributed by atoms with Gasteiger partial charge in [0.05, 0.1) is 23.6 Å². The third-order valence-electron chi connectivity index (χ3n) is 4.05. The smallest absolute Gasteiger partial charge is 0.150 e. The number of rotatable bonds is 4. The van der Waals surface area contributed by atoms with Crippen molar-refractivity contribution in [1.82, 2.24) is 20.0 Å². The Hall–Kier alpha value is -3.54. The van der Waals surface area contributed by atoms with Crippen LogP contribution in [0.4, 0.5) is 0 Å². The van der Waals surface area contributed by atoms with Crippen LogP contribution < -0.4 is 4.74 Å². The van der Waals surface area contributed by atoms with Crippen LogP contribution in [-0.4, -0.2) is 26.3 Å². The number of pyridine rings is 1. The Balaban J connectivity index is 1.77. The molecule has 0 saturated heterocycles. The highest BCUT2D eigenvalue weighted by Crippen LogP contribution is 2.32. The molecule has 0 atom stereocenters. The molecular weight excluding hydrogens is 316 g/mol. The molecule has 0 saturated carbocycles. The van der Waals surface area contributed by atoms with E-state index in [4.69, 9.17) is 4.74 Å². The van der Waals surface area contributed by atoms with Crippen molar-refractivity contribution in [2.45, 2.75) is 6.92 Å². The molecule has 0 aliphatic heterocycles. The van der Waals surface area contributed by atoms with Crippen molar-refractivity contribution in [3.05, 3.63) is 72.2 Å². The van der Waals surface area contributed by atoms with E-state index in [1.54, 1.807) is 35.4 Å². The zero-order chi connectivity index (χ0) is 17.2. The van der Waals surface area contributed by atoms with Crippen LogP contribution in [-0.2, 0) is 0 Å². The van der Waals surface area contributed by atoms with Gasteiger partial charge in [-0.1, -0.05) is 17.3 Å². The number of carbonyl (C=O) groups is 1. The number of ether oxygens (including phenoxy) is 1. The molecule has 6 heteroatoms. The number of carbonyl (C=O) groups excluding carboxylic acids is 1. The minimum absolute atomic E-state index is 0.615. The molecule has 0 unspecified atom stereocenters. The van der Waals surface area contributed by atoms with Gasteiger partial charge in [0.2, 0.25) is 0 Å². The Bertz CT molecular complexity index is 1060. The zero-order valence-corrected chi connectivity index (χ0v) is 13.5. The maximum atomic E-state index is 11.1. The second-order valence-corrected chi connectivity index (χ2v) is 5.55. The number of benzene rings is 2. The van der Waals surface area contributed by atoms with Crippen molar-refractivity contribution in [3.63, 3.8) is 0 Å². The van der Waals surface area contributed by atoms with E-state index in [-0.39, 0.29) is 0 Å². The van der Waals surface area contributed by atoms with Gasteiger partial charge in [-0.05, 0) is 37.3 Å². The molecule has 0 amide bonds. The van der Waals surface area contributed by atoms with Crippen LogP contribution in [0.15, 0.2) is 61.1 Å². The summed E-state index contributed by atoms with van der Waals surface area (Å²) in [6.45, 7) is 1.87. The number of aldehydes is 1. The fraction of sp³-hybridized carbons (Fsp3) is 0.0526. The van der Waals surface area contributed by atoms with Crippen molar-refractivity contribution in [1.29, 1.82) is 0 Å². The predicted molar refractivity (Wildman–Crippen MR) is 93.3 cm³/mol. The molecule has 4 aromatic rings.